The first-order chi connectivity index (χ1) is 4.58. The van der Waals surface area contributed by atoms with Crippen molar-refractivity contribution in [2.24, 2.45) is 0 Å². The van der Waals surface area contributed by atoms with Crippen LogP contribution in [-0.2, 0) is 10.3 Å². The van der Waals surface area contributed by atoms with E-state index in [1.54, 1.807) is 6.08 Å². The van der Waals surface area contributed by atoms with Crippen molar-refractivity contribution in [2.75, 3.05) is 0 Å². The zero-order valence-electron chi connectivity index (χ0n) is 6.33. The minimum absolute atomic E-state index is 0. The fraction of sp³-hybridized carbons (Fsp3) is 0.600. The van der Waals surface area contributed by atoms with E-state index in [-0.39, 0.29) is 18.9 Å². The van der Waals surface area contributed by atoms with Crippen molar-refractivity contribution in [1.29, 1.82) is 0 Å². The SMILES string of the molecule is O=S(=O)([O-])NC1=CCCC1.[Li+]. The molecular weight excluding hydrogens is 161 g/mol. The van der Waals surface area contributed by atoms with Crippen LogP contribution in [-0.4, -0.2) is 13.0 Å². The molecule has 0 fully saturated rings. The van der Waals surface area contributed by atoms with E-state index in [1.807, 2.05) is 4.72 Å². The molecule has 0 heterocycles. The number of nitrogens with one attached hydrogen (secondary N) is 1. The van der Waals surface area contributed by atoms with Crippen molar-refractivity contribution in [3.8, 4) is 0 Å². The average molecular weight is 169 g/mol. The first kappa shape index (κ1) is 11.0. The van der Waals surface area contributed by atoms with Crippen molar-refractivity contribution >= 4 is 10.3 Å². The Bertz CT molecular complexity index is 246. The summed E-state index contributed by atoms with van der Waals surface area (Å²) in [7, 11) is -4.28. The zero-order valence-corrected chi connectivity index (χ0v) is 7.15. The van der Waals surface area contributed by atoms with Crippen LogP contribution in [0.15, 0.2) is 11.8 Å². The molecule has 0 unspecified atom stereocenters. The summed E-state index contributed by atoms with van der Waals surface area (Å²) in [5, 5.41) is 0. The fourth-order valence-corrected chi connectivity index (χ4v) is 1.43. The molecule has 0 saturated heterocycles. The number of hydrogen-bond acceptors (Lipinski definition) is 3. The third kappa shape index (κ3) is 4.48. The maximum atomic E-state index is 10.1. The second-order valence-corrected chi connectivity index (χ2v) is 3.29. The third-order valence-electron chi connectivity index (χ3n) is 1.30. The van der Waals surface area contributed by atoms with E-state index in [0.29, 0.717) is 12.1 Å². The number of allylic oxidation sites excluding steroid dienone is 2. The fourth-order valence-electron chi connectivity index (χ4n) is 0.924. The largest absolute Gasteiger partial charge is 1.00 e. The topological polar surface area (TPSA) is 69.2 Å². The molecule has 0 bridgehead atoms. The maximum absolute atomic E-state index is 10.1. The van der Waals surface area contributed by atoms with E-state index in [2.05, 4.69) is 0 Å². The van der Waals surface area contributed by atoms with Crippen molar-refractivity contribution in [2.45, 2.75) is 19.3 Å². The Morgan fingerprint density at radius 1 is 1.55 bits per heavy atom. The molecule has 0 aromatic rings. The first-order valence-corrected chi connectivity index (χ1v) is 4.41. The van der Waals surface area contributed by atoms with Gasteiger partial charge >= 0.3 is 18.9 Å². The van der Waals surface area contributed by atoms with Gasteiger partial charge in [0.15, 0.2) is 10.3 Å². The molecule has 6 heteroatoms. The molecule has 1 rings (SSSR count). The Hall–Kier alpha value is 0.0474. The zero-order chi connectivity index (χ0) is 7.61. The predicted molar refractivity (Wildman–Crippen MR) is 34.8 cm³/mol. The van der Waals surface area contributed by atoms with Crippen molar-refractivity contribution < 1.29 is 31.8 Å². The molecule has 1 aliphatic carbocycles. The Morgan fingerprint density at radius 2 is 2.18 bits per heavy atom. The van der Waals surface area contributed by atoms with Gasteiger partial charge in [-0.15, -0.1) is 0 Å². The molecule has 0 radical (unpaired) electrons. The molecule has 4 nitrogen and oxygen atoms in total. The van der Waals surface area contributed by atoms with Gasteiger partial charge in [-0.3, -0.25) is 4.72 Å². The molecule has 1 N–H and O–H groups in total. The minimum Gasteiger partial charge on any atom is -0.731 e. The summed E-state index contributed by atoms with van der Waals surface area (Å²) in [5.74, 6) is 0. The van der Waals surface area contributed by atoms with E-state index in [0.717, 1.165) is 12.8 Å². The molecule has 0 atom stereocenters. The normalized spacial score (nSPS) is 17.0. The van der Waals surface area contributed by atoms with Crippen molar-refractivity contribution in [3.63, 3.8) is 0 Å². The van der Waals surface area contributed by atoms with Crippen LogP contribution in [0.2, 0.25) is 0 Å². The third-order valence-corrected chi connectivity index (χ3v) is 1.81. The summed E-state index contributed by atoms with van der Waals surface area (Å²) in [6.07, 6.45) is 4.19. The maximum Gasteiger partial charge on any atom is 1.00 e. The molecule has 1 aliphatic rings. The Labute approximate surface area is 78.1 Å². The molecule has 11 heavy (non-hydrogen) atoms. The Kier molecular flexibility index (Phi) is 4.19. The van der Waals surface area contributed by atoms with Crippen LogP contribution in [0.25, 0.3) is 0 Å². The van der Waals surface area contributed by atoms with Gasteiger partial charge in [0.1, 0.15) is 0 Å². The summed E-state index contributed by atoms with van der Waals surface area (Å²) in [6, 6.07) is 0. The number of rotatable bonds is 2. The summed E-state index contributed by atoms with van der Waals surface area (Å²) in [5.41, 5.74) is 0.537. The minimum atomic E-state index is -4.28. The second kappa shape index (κ2) is 4.17. The quantitative estimate of drug-likeness (QED) is 0.356. The molecule has 58 valence electrons. The average Bonchev–Trinajstić information content (AvgIpc) is 2.12. The van der Waals surface area contributed by atoms with E-state index in [9.17, 15) is 13.0 Å². The van der Waals surface area contributed by atoms with E-state index in [1.165, 1.54) is 0 Å². The van der Waals surface area contributed by atoms with Crippen LogP contribution < -0.4 is 23.6 Å². The van der Waals surface area contributed by atoms with Gasteiger partial charge in [0.05, 0.1) is 0 Å². The van der Waals surface area contributed by atoms with Crippen LogP contribution in [0, 0.1) is 0 Å². The van der Waals surface area contributed by atoms with Gasteiger partial charge < -0.3 is 4.55 Å². The van der Waals surface area contributed by atoms with Gasteiger partial charge in [0.2, 0.25) is 0 Å². The molecule has 0 aromatic heterocycles. The Balaban J connectivity index is 0.000001000. The van der Waals surface area contributed by atoms with Crippen molar-refractivity contribution in [3.05, 3.63) is 11.8 Å². The smallest absolute Gasteiger partial charge is 0.731 e. The molecule has 0 amide bonds. The molecule has 0 spiro atoms. The summed E-state index contributed by atoms with van der Waals surface area (Å²) < 4.78 is 32.1. The Morgan fingerprint density at radius 3 is 2.55 bits per heavy atom. The standard InChI is InChI=1S/C5H9NO3S.Li/c7-10(8,9)6-5-3-1-2-4-5;/h3,6H,1-2,4H2,(H,7,8,9);/q;+1/p-1. The summed E-state index contributed by atoms with van der Waals surface area (Å²) in [6.45, 7) is 0. The van der Waals surface area contributed by atoms with Gasteiger partial charge in [-0.25, -0.2) is 8.42 Å². The molecule has 0 aliphatic heterocycles. The molecular formula is C5H8LiNO3S. The van der Waals surface area contributed by atoms with E-state index >= 15 is 0 Å². The van der Waals surface area contributed by atoms with Gasteiger partial charge in [0.25, 0.3) is 0 Å². The second-order valence-electron chi connectivity index (χ2n) is 2.18. The van der Waals surface area contributed by atoms with Gasteiger partial charge in [-0.05, 0) is 19.3 Å². The van der Waals surface area contributed by atoms with E-state index < -0.39 is 10.3 Å². The monoisotopic (exact) mass is 169 g/mol. The van der Waals surface area contributed by atoms with Crippen LogP contribution in [0.3, 0.4) is 0 Å². The molecule has 0 aromatic carbocycles. The molecule has 0 saturated carbocycles. The first-order valence-electron chi connectivity index (χ1n) is 3.00. The number of hydrogen-bond donors (Lipinski definition) is 1. The van der Waals surface area contributed by atoms with Crippen LogP contribution in [0.4, 0.5) is 0 Å². The summed E-state index contributed by atoms with van der Waals surface area (Å²) >= 11 is 0. The van der Waals surface area contributed by atoms with Gasteiger partial charge in [-0.2, -0.15) is 0 Å². The van der Waals surface area contributed by atoms with Gasteiger partial charge in [-0.1, -0.05) is 6.08 Å². The van der Waals surface area contributed by atoms with Gasteiger partial charge in [0, 0.05) is 5.70 Å². The predicted octanol–water partition coefficient (Wildman–Crippen LogP) is -2.89. The van der Waals surface area contributed by atoms with Crippen molar-refractivity contribution in [1.82, 2.24) is 4.72 Å². The van der Waals surface area contributed by atoms with E-state index in [4.69, 9.17) is 0 Å². The van der Waals surface area contributed by atoms with Crippen LogP contribution in [0.5, 0.6) is 0 Å². The van der Waals surface area contributed by atoms with Crippen LogP contribution in [0.1, 0.15) is 19.3 Å². The van der Waals surface area contributed by atoms with Crippen LogP contribution >= 0.6 is 0 Å². The summed E-state index contributed by atoms with van der Waals surface area (Å²) in [4.78, 5) is 0.